The second-order valence-corrected chi connectivity index (χ2v) is 4.46. The monoisotopic (exact) mass is 225 g/mol. The number of aromatic amines is 1. The van der Waals surface area contributed by atoms with Gasteiger partial charge in [-0.05, 0) is 13.8 Å². The second-order valence-electron chi connectivity index (χ2n) is 4.46. The van der Waals surface area contributed by atoms with E-state index in [0.29, 0.717) is 13.2 Å². The van der Waals surface area contributed by atoms with Crippen LogP contribution in [-0.4, -0.2) is 41.6 Å². The van der Waals surface area contributed by atoms with Gasteiger partial charge >= 0.3 is 0 Å². The molecule has 5 heteroatoms. The molecule has 90 valence electrons. The Morgan fingerprint density at radius 1 is 1.50 bits per heavy atom. The van der Waals surface area contributed by atoms with E-state index in [4.69, 9.17) is 9.47 Å². The zero-order chi connectivity index (χ0) is 11.4. The molecule has 5 nitrogen and oxygen atoms in total. The third-order valence-electron chi connectivity index (χ3n) is 2.61. The van der Waals surface area contributed by atoms with Crippen LogP contribution in [-0.2, 0) is 15.9 Å². The minimum absolute atomic E-state index is 0.281. The number of aromatic nitrogens is 2. The SMILES string of the molecule is CC1(C)OCC(NCCc2ncc[nH]2)CO1. The lowest BCUT2D eigenvalue weighted by Gasteiger charge is -2.35. The number of imidazole rings is 1. The van der Waals surface area contributed by atoms with Crippen molar-refractivity contribution in [3.63, 3.8) is 0 Å². The van der Waals surface area contributed by atoms with Crippen LogP contribution < -0.4 is 5.32 Å². The summed E-state index contributed by atoms with van der Waals surface area (Å²) in [6.07, 6.45) is 4.50. The Hall–Kier alpha value is -0.910. The quantitative estimate of drug-likeness (QED) is 0.791. The average Bonchev–Trinajstić information content (AvgIpc) is 2.73. The van der Waals surface area contributed by atoms with Crippen LogP contribution in [0.25, 0.3) is 0 Å². The lowest BCUT2D eigenvalue weighted by Crippen LogP contribution is -2.48. The number of nitrogens with one attached hydrogen (secondary N) is 2. The normalized spacial score (nSPS) is 21.1. The Labute approximate surface area is 95.6 Å². The molecule has 0 spiro atoms. The van der Waals surface area contributed by atoms with Gasteiger partial charge in [0.15, 0.2) is 5.79 Å². The summed E-state index contributed by atoms with van der Waals surface area (Å²) in [5.41, 5.74) is 0. The van der Waals surface area contributed by atoms with Crippen molar-refractivity contribution in [2.75, 3.05) is 19.8 Å². The topological polar surface area (TPSA) is 59.2 Å². The number of hydrogen-bond donors (Lipinski definition) is 2. The number of rotatable bonds is 4. The highest BCUT2D eigenvalue weighted by Crippen LogP contribution is 2.16. The van der Waals surface area contributed by atoms with Crippen LogP contribution in [0, 0.1) is 0 Å². The van der Waals surface area contributed by atoms with E-state index in [2.05, 4.69) is 15.3 Å². The highest BCUT2D eigenvalue weighted by Gasteiger charge is 2.27. The molecule has 1 aliphatic heterocycles. The first kappa shape index (κ1) is 11.6. The van der Waals surface area contributed by atoms with Crippen molar-refractivity contribution in [2.45, 2.75) is 32.1 Å². The largest absolute Gasteiger partial charge is 0.349 e. The maximum absolute atomic E-state index is 5.56. The fourth-order valence-corrected chi connectivity index (χ4v) is 1.64. The molecule has 1 saturated heterocycles. The molecule has 16 heavy (non-hydrogen) atoms. The van der Waals surface area contributed by atoms with E-state index in [-0.39, 0.29) is 6.04 Å². The summed E-state index contributed by atoms with van der Waals surface area (Å²) >= 11 is 0. The molecule has 1 aliphatic rings. The molecule has 2 rings (SSSR count). The summed E-state index contributed by atoms with van der Waals surface area (Å²) in [6.45, 7) is 6.15. The predicted octanol–water partition coefficient (Wildman–Crippen LogP) is 0.693. The lowest BCUT2D eigenvalue weighted by molar-refractivity contribution is -0.252. The molecule has 2 N–H and O–H groups in total. The van der Waals surface area contributed by atoms with Gasteiger partial charge in [0.05, 0.1) is 19.3 Å². The summed E-state index contributed by atoms with van der Waals surface area (Å²) in [5.74, 6) is 0.574. The Bertz CT molecular complexity index is 301. The van der Waals surface area contributed by atoms with Crippen LogP contribution in [0.4, 0.5) is 0 Å². The van der Waals surface area contributed by atoms with Crippen molar-refractivity contribution in [3.8, 4) is 0 Å². The second kappa shape index (κ2) is 4.95. The van der Waals surface area contributed by atoms with Gasteiger partial charge in [-0.2, -0.15) is 0 Å². The molecule has 0 aromatic carbocycles. The first-order chi connectivity index (χ1) is 7.66. The van der Waals surface area contributed by atoms with E-state index in [1.165, 1.54) is 0 Å². The lowest BCUT2D eigenvalue weighted by atomic mass is 10.2. The molecule has 1 aromatic heterocycles. The van der Waals surface area contributed by atoms with E-state index >= 15 is 0 Å². The minimum Gasteiger partial charge on any atom is -0.349 e. The molecular weight excluding hydrogens is 206 g/mol. The molecule has 0 radical (unpaired) electrons. The fraction of sp³-hybridized carbons (Fsp3) is 0.727. The summed E-state index contributed by atoms with van der Waals surface area (Å²) in [6, 6.07) is 0.281. The van der Waals surface area contributed by atoms with Crippen molar-refractivity contribution in [1.29, 1.82) is 0 Å². The van der Waals surface area contributed by atoms with Crippen molar-refractivity contribution in [1.82, 2.24) is 15.3 Å². The smallest absolute Gasteiger partial charge is 0.162 e. The third-order valence-corrected chi connectivity index (χ3v) is 2.61. The fourth-order valence-electron chi connectivity index (χ4n) is 1.64. The summed E-state index contributed by atoms with van der Waals surface area (Å²) in [4.78, 5) is 7.24. The van der Waals surface area contributed by atoms with Crippen LogP contribution in [0.2, 0.25) is 0 Å². The van der Waals surface area contributed by atoms with E-state index in [1.54, 1.807) is 6.20 Å². The van der Waals surface area contributed by atoms with Gasteiger partial charge in [-0.3, -0.25) is 0 Å². The molecule has 0 bridgehead atoms. The average molecular weight is 225 g/mol. The van der Waals surface area contributed by atoms with Gasteiger partial charge in [-0.1, -0.05) is 0 Å². The Kier molecular flexibility index (Phi) is 3.58. The van der Waals surface area contributed by atoms with Crippen LogP contribution >= 0.6 is 0 Å². The number of nitrogens with zero attached hydrogens (tertiary/aromatic N) is 1. The molecule has 0 atom stereocenters. The molecule has 1 fully saturated rings. The molecular formula is C11H19N3O2. The molecule has 2 heterocycles. The predicted molar refractivity (Wildman–Crippen MR) is 60.1 cm³/mol. The Balaban J connectivity index is 1.64. The Morgan fingerprint density at radius 3 is 2.88 bits per heavy atom. The number of hydrogen-bond acceptors (Lipinski definition) is 4. The van der Waals surface area contributed by atoms with E-state index in [9.17, 15) is 0 Å². The van der Waals surface area contributed by atoms with Gasteiger partial charge in [-0.25, -0.2) is 4.98 Å². The van der Waals surface area contributed by atoms with Crippen LogP contribution in [0.3, 0.4) is 0 Å². The summed E-state index contributed by atoms with van der Waals surface area (Å²) in [5, 5.41) is 3.39. The minimum atomic E-state index is -0.431. The van der Waals surface area contributed by atoms with Gasteiger partial charge in [0.1, 0.15) is 5.82 Å². The first-order valence-electron chi connectivity index (χ1n) is 5.65. The summed E-state index contributed by atoms with van der Waals surface area (Å²) < 4.78 is 11.1. The van der Waals surface area contributed by atoms with Crippen molar-refractivity contribution < 1.29 is 9.47 Å². The molecule has 0 aliphatic carbocycles. The third kappa shape index (κ3) is 3.30. The highest BCUT2D eigenvalue weighted by atomic mass is 16.7. The number of H-pyrrole nitrogens is 1. The zero-order valence-electron chi connectivity index (χ0n) is 9.82. The molecule has 0 amide bonds. The van der Waals surface area contributed by atoms with Crippen molar-refractivity contribution >= 4 is 0 Å². The zero-order valence-corrected chi connectivity index (χ0v) is 9.82. The van der Waals surface area contributed by atoms with Crippen LogP contribution in [0.1, 0.15) is 19.7 Å². The van der Waals surface area contributed by atoms with Gasteiger partial charge in [-0.15, -0.1) is 0 Å². The van der Waals surface area contributed by atoms with Gasteiger partial charge in [0, 0.05) is 25.4 Å². The van der Waals surface area contributed by atoms with Crippen LogP contribution in [0.5, 0.6) is 0 Å². The Morgan fingerprint density at radius 2 is 2.25 bits per heavy atom. The number of ether oxygens (including phenoxy) is 2. The van der Waals surface area contributed by atoms with Gasteiger partial charge in [0.2, 0.25) is 0 Å². The maximum Gasteiger partial charge on any atom is 0.162 e. The molecule has 0 saturated carbocycles. The highest BCUT2D eigenvalue weighted by molar-refractivity contribution is 4.88. The van der Waals surface area contributed by atoms with Crippen LogP contribution in [0.15, 0.2) is 12.4 Å². The van der Waals surface area contributed by atoms with Crippen molar-refractivity contribution in [2.24, 2.45) is 0 Å². The summed E-state index contributed by atoms with van der Waals surface area (Å²) in [7, 11) is 0. The van der Waals surface area contributed by atoms with Gasteiger partial charge in [0.25, 0.3) is 0 Å². The van der Waals surface area contributed by atoms with Gasteiger partial charge < -0.3 is 19.8 Å². The van der Waals surface area contributed by atoms with E-state index < -0.39 is 5.79 Å². The molecule has 0 unspecified atom stereocenters. The maximum atomic E-state index is 5.56. The van der Waals surface area contributed by atoms with E-state index in [1.807, 2.05) is 20.0 Å². The first-order valence-corrected chi connectivity index (χ1v) is 5.65. The van der Waals surface area contributed by atoms with Crippen molar-refractivity contribution in [3.05, 3.63) is 18.2 Å². The van der Waals surface area contributed by atoms with E-state index in [0.717, 1.165) is 18.8 Å². The standard InChI is InChI=1S/C11H19N3O2/c1-11(2)15-7-9(8-16-11)12-4-3-10-13-5-6-14-10/h5-6,9,12H,3-4,7-8H2,1-2H3,(H,13,14). The molecule has 1 aromatic rings.